The number of aliphatic hydroxyl groups excluding tert-OH is 1. The largest absolute Gasteiger partial charge is 0.481 e. The zero-order valence-corrected chi connectivity index (χ0v) is 19.6. The van der Waals surface area contributed by atoms with Gasteiger partial charge in [0.2, 0.25) is 0 Å². The molecule has 2 fully saturated rings. The fraction of sp³-hybridized carbons (Fsp3) is 0.895. The standard InChI is InChI=1S/C19H36O8P2/c1-14(10-13-26-29(24,25)27-28(21,22)23)6-7-15-16(20)8-9-17-18(2,3)11-5-12-19(15,17)4/h10,15-17,20H,5-9,11-13H2,1-4H3,(H,24,25)(H2,21,22,23)/b14-10+/t15-,16+,17-,19+/m0/s1. The van der Waals surface area contributed by atoms with Crippen LogP contribution in [-0.2, 0) is 18.0 Å². The van der Waals surface area contributed by atoms with Crippen LogP contribution in [0, 0.1) is 22.7 Å². The molecule has 4 N–H and O–H groups in total. The van der Waals surface area contributed by atoms with Crippen molar-refractivity contribution >= 4 is 15.6 Å². The van der Waals surface area contributed by atoms with Gasteiger partial charge in [-0.2, -0.15) is 4.31 Å². The van der Waals surface area contributed by atoms with E-state index in [2.05, 4.69) is 29.6 Å². The third kappa shape index (κ3) is 6.72. The van der Waals surface area contributed by atoms with Crippen molar-refractivity contribution in [3.05, 3.63) is 11.6 Å². The van der Waals surface area contributed by atoms with Crippen LogP contribution < -0.4 is 0 Å². The highest BCUT2D eigenvalue weighted by Crippen LogP contribution is 2.61. The summed E-state index contributed by atoms with van der Waals surface area (Å²) >= 11 is 0. The van der Waals surface area contributed by atoms with Gasteiger partial charge in [-0.3, -0.25) is 4.52 Å². The van der Waals surface area contributed by atoms with Crippen LogP contribution in [0.2, 0.25) is 0 Å². The summed E-state index contributed by atoms with van der Waals surface area (Å²) in [6.07, 6.45) is 8.24. The number of hydrogen-bond acceptors (Lipinski definition) is 5. The molecule has 0 aromatic heterocycles. The summed E-state index contributed by atoms with van der Waals surface area (Å²) < 4.78 is 30.5. The molecule has 0 spiro atoms. The van der Waals surface area contributed by atoms with Crippen LogP contribution in [0.1, 0.15) is 72.6 Å². The summed E-state index contributed by atoms with van der Waals surface area (Å²) in [4.78, 5) is 26.5. The lowest BCUT2D eigenvalue weighted by molar-refractivity contribution is -0.125. The Bertz CT molecular complexity index is 700. The fourth-order valence-corrected chi connectivity index (χ4v) is 7.27. The molecule has 1 unspecified atom stereocenters. The average Bonchev–Trinajstić information content (AvgIpc) is 2.50. The number of hydrogen-bond donors (Lipinski definition) is 4. The molecule has 2 aliphatic carbocycles. The topological polar surface area (TPSA) is 134 Å². The highest BCUT2D eigenvalue weighted by atomic mass is 31.3. The van der Waals surface area contributed by atoms with Gasteiger partial charge in [0.25, 0.3) is 0 Å². The molecule has 0 bridgehead atoms. The number of phosphoric ester groups is 1. The van der Waals surface area contributed by atoms with Gasteiger partial charge < -0.3 is 19.8 Å². The van der Waals surface area contributed by atoms with E-state index in [1.807, 2.05) is 6.92 Å². The van der Waals surface area contributed by atoms with E-state index in [0.717, 1.165) is 31.3 Å². The SMILES string of the molecule is C/C(=C\COP(=O)(O)OP(=O)(O)O)CC[C@H]1[C@H](O)CC[C@H]2C(C)(C)CCC[C@]12C. The van der Waals surface area contributed by atoms with Crippen LogP contribution in [0.4, 0.5) is 0 Å². The molecule has 0 aromatic carbocycles. The third-order valence-corrected chi connectivity index (χ3v) is 9.22. The molecule has 0 aliphatic heterocycles. The molecular weight excluding hydrogens is 418 g/mol. The molecule has 0 radical (unpaired) electrons. The lowest BCUT2D eigenvalue weighted by Crippen LogP contribution is -2.53. The number of rotatable bonds is 8. The number of phosphoric acid groups is 2. The minimum Gasteiger partial charge on any atom is -0.393 e. The van der Waals surface area contributed by atoms with Gasteiger partial charge in [0.05, 0.1) is 12.7 Å². The van der Waals surface area contributed by atoms with Gasteiger partial charge in [-0.05, 0) is 68.1 Å². The maximum absolute atomic E-state index is 11.5. The Balaban J connectivity index is 1.96. The lowest BCUT2D eigenvalue weighted by atomic mass is 9.47. The minimum absolute atomic E-state index is 0.105. The predicted molar refractivity (Wildman–Crippen MR) is 110 cm³/mol. The first-order valence-corrected chi connectivity index (χ1v) is 13.3. The molecule has 10 heteroatoms. The summed E-state index contributed by atoms with van der Waals surface area (Å²) in [7, 11) is -9.93. The summed E-state index contributed by atoms with van der Waals surface area (Å²) in [5, 5.41) is 10.7. The van der Waals surface area contributed by atoms with Gasteiger partial charge >= 0.3 is 15.6 Å². The van der Waals surface area contributed by atoms with E-state index >= 15 is 0 Å². The first-order chi connectivity index (χ1) is 13.2. The molecule has 2 rings (SSSR count). The zero-order valence-electron chi connectivity index (χ0n) is 17.8. The first kappa shape index (κ1) is 25.2. The van der Waals surface area contributed by atoms with Crippen LogP contribution >= 0.6 is 15.6 Å². The van der Waals surface area contributed by atoms with Gasteiger partial charge in [-0.15, -0.1) is 0 Å². The molecule has 2 aliphatic rings. The van der Waals surface area contributed by atoms with Crippen LogP contribution in [0.15, 0.2) is 11.6 Å². The average molecular weight is 454 g/mol. The van der Waals surface area contributed by atoms with Crippen molar-refractivity contribution in [2.45, 2.75) is 78.7 Å². The smallest absolute Gasteiger partial charge is 0.393 e. The molecule has 0 heterocycles. The zero-order chi connectivity index (χ0) is 22.1. The molecule has 0 aromatic rings. The van der Waals surface area contributed by atoms with Crippen LogP contribution in [0.25, 0.3) is 0 Å². The Labute approximate surface area is 173 Å². The quantitative estimate of drug-likeness (QED) is 0.310. The van der Waals surface area contributed by atoms with E-state index in [4.69, 9.17) is 9.79 Å². The molecule has 0 saturated heterocycles. The Morgan fingerprint density at radius 2 is 1.79 bits per heavy atom. The Morgan fingerprint density at radius 1 is 1.14 bits per heavy atom. The van der Waals surface area contributed by atoms with Crippen molar-refractivity contribution in [3.63, 3.8) is 0 Å². The Kier molecular flexibility index (Phi) is 8.02. The van der Waals surface area contributed by atoms with Crippen molar-refractivity contribution in [2.24, 2.45) is 22.7 Å². The fourth-order valence-electron chi connectivity index (χ4n) is 5.75. The van der Waals surface area contributed by atoms with Gasteiger partial charge in [0.1, 0.15) is 0 Å². The predicted octanol–water partition coefficient (Wildman–Crippen LogP) is 4.54. The monoisotopic (exact) mass is 454 g/mol. The van der Waals surface area contributed by atoms with E-state index < -0.39 is 15.6 Å². The van der Waals surface area contributed by atoms with E-state index in [1.165, 1.54) is 12.8 Å². The molecule has 0 amide bonds. The van der Waals surface area contributed by atoms with E-state index in [9.17, 15) is 19.1 Å². The maximum atomic E-state index is 11.5. The highest BCUT2D eigenvalue weighted by molar-refractivity contribution is 7.60. The van der Waals surface area contributed by atoms with E-state index in [1.54, 1.807) is 6.08 Å². The summed E-state index contributed by atoms with van der Waals surface area (Å²) in [6, 6.07) is 0. The van der Waals surface area contributed by atoms with Crippen LogP contribution in [-0.4, -0.2) is 32.5 Å². The van der Waals surface area contributed by atoms with Gasteiger partial charge in [-0.25, -0.2) is 9.13 Å². The second-order valence-corrected chi connectivity index (χ2v) is 12.4. The minimum atomic E-state index is -5.11. The normalized spacial score (nSPS) is 35.0. The van der Waals surface area contributed by atoms with Crippen LogP contribution in [0.5, 0.6) is 0 Å². The first-order valence-electron chi connectivity index (χ1n) is 10.2. The lowest BCUT2D eigenvalue weighted by Gasteiger charge is -2.58. The summed E-state index contributed by atoms with van der Waals surface area (Å²) in [5.74, 6) is 0.793. The molecule has 2 saturated carbocycles. The molecular formula is C19H36O8P2. The van der Waals surface area contributed by atoms with E-state index in [0.29, 0.717) is 12.3 Å². The maximum Gasteiger partial charge on any atom is 0.481 e. The van der Waals surface area contributed by atoms with Crippen LogP contribution in [0.3, 0.4) is 0 Å². The second-order valence-electron chi connectivity index (χ2n) is 9.58. The van der Waals surface area contributed by atoms with E-state index in [-0.39, 0.29) is 29.5 Å². The molecule has 8 nitrogen and oxygen atoms in total. The number of aliphatic hydroxyl groups is 1. The van der Waals surface area contributed by atoms with Gasteiger partial charge in [-0.1, -0.05) is 38.8 Å². The molecule has 29 heavy (non-hydrogen) atoms. The summed E-state index contributed by atoms with van der Waals surface area (Å²) in [6.45, 7) is 8.60. The second kappa shape index (κ2) is 9.22. The van der Waals surface area contributed by atoms with Crippen molar-refractivity contribution in [3.8, 4) is 0 Å². The van der Waals surface area contributed by atoms with Gasteiger partial charge in [0, 0.05) is 0 Å². The van der Waals surface area contributed by atoms with Crippen molar-refractivity contribution < 1.29 is 37.8 Å². The van der Waals surface area contributed by atoms with Crippen molar-refractivity contribution in [1.82, 2.24) is 0 Å². The molecule has 5 atom stereocenters. The van der Waals surface area contributed by atoms with Crippen molar-refractivity contribution in [2.75, 3.05) is 6.61 Å². The van der Waals surface area contributed by atoms with Crippen molar-refractivity contribution in [1.29, 1.82) is 0 Å². The van der Waals surface area contributed by atoms with Gasteiger partial charge in [0.15, 0.2) is 0 Å². The third-order valence-electron chi connectivity index (χ3n) is 7.07. The Hall–Kier alpha value is -0.0400. The molecule has 170 valence electrons. The highest BCUT2D eigenvalue weighted by Gasteiger charge is 2.54. The number of allylic oxidation sites excluding steroid dienone is 1. The summed E-state index contributed by atoms with van der Waals surface area (Å²) in [5.41, 5.74) is 1.31. The Morgan fingerprint density at radius 3 is 2.41 bits per heavy atom. The number of fused-ring (bicyclic) bond motifs is 1.